The number of nitrogens with zero attached hydrogens (tertiary/aromatic N) is 3. The van der Waals surface area contributed by atoms with Crippen molar-refractivity contribution in [3.05, 3.63) is 52.8 Å². The summed E-state index contributed by atoms with van der Waals surface area (Å²) in [5.41, 5.74) is 2.81. The van der Waals surface area contributed by atoms with E-state index in [9.17, 15) is 9.59 Å². The number of ether oxygens (including phenoxy) is 1. The number of aryl methyl sites for hydroxylation is 3. The van der Waals surface area contributed by atoms with Crippen LogP contribution in [0.1, 0.15) is 33.7 Å². The zero-order chi connectivity index (χ0) is 18.2. The summed E-state index contributed by atoms with van der Waals surface area (Å²) in [5, 5.41) is 15.8. The Kier molecular flexibility index (Phi) is 6.29. The summed E-state index contributed by atoms with van der Waals surface area (Å²) in [5.74, 6) is -0.947. The quantitative estimate of drug-likeness (QED) is 0.611. The molecule has 1 aromatic heterocycles. The zero-order valence-corrected chi connectivity index (χ0v) is 14.3. The number of aromatic nitrogens is 2. The van der Waals surface area contributed by atoms with Crippen molar-refractivity contribution in [1.82, 2.24) is 15.1 Å². The van der Waals surface area contributed by atoms with E-state index in [1.807, 2.05) is 30.7 Å². The molecule has 0 saturated carbocycles. The third-order valence-electron chi connectivity index (χ3n) is 3.56. The molecule has 0 atom stereocenters. The first-order valence-corrected chi connectivity index (χ1v) is 7.94. The zero-order valence-electron chi connectivity index (χ0n) is 14.3. The van der Waals surface area contributed by atoms with Crippen LogP contribution in [0, 0.1) is 25.2 Å². The first-order valence-electron chi connectivity index (χ1n) is 7.94. The van der Waals surface area contributed by atoms with E-state index >= 15 is 0 Å². The van der Waals surface area contributed by atoms with E-state index < -0.39 is 5.97 Å². The number of carbonyl (C=O) groups excluding carboxylic acids is 2. The van der Waals surface area contributed by atoms with Crippen molar-refractivity contribution in [2.24, 2.45) is 0 Å². The molecule has 0 spiro atoms. The van der Waals surface area contributed by atoms with E-state index in [1.54, 1.807) is 0 Å². The highest BCUT2D eigenvalue weighted by molar-refractivity contribution is 5.91. The van der Waals surface area contributed by atoms with Gasteiger partial charge in [0.25, 0.3) is 5.91 Å². The Labute approximate surface area is 146 Å². The Hall–Kier alpha value is -3.14. The molecule has 0 fully saturated rings. The van der Waals surface area contributed by atoms with E-state index in [0.717, 1.165) is 17.8 Å². The average Bonchev–Trinajstić information content (AvgIpc) is 2.94. The van der Waals surface area contributed by atoms with Crippen LogP contribution in [0.3, 0.4) is 0 Å². The molecule has 1 aromatic carbocycles. The molecule has 2 aromatic rings. The predicted molar refractivity (Wildman–Crippen MR) is 90.8 cm³/mol. The normalized spacial score (nSPS) is 10.1. The van der Waals surface area contributed by atoms with E-state index in [1.165, 1.54) is 24.3 Å². The van der Waals surface area contributed by atoms with Gasteiger partial charge in [-0.25, -0.2) is 4.79 Å². The molecule has 0 saturated heterocycles. The third-order valence-corrected chi connectivity index (χ3v) is 3.56. The minimum Gasteiger partial charge on any atom is -0.452 e. The topological polar surface area (TPSA) is 97.0 Å². The Bertz CT molecular complexity index is 788. The van der Waals surface area contributed by atoms with E-state index in [0.29, 0.717) is 24.2 Å². The molecule has 0 aliphatic carbocycles. The molecule has 7 heteroatoms. The summed E-state index contributed by atoms with van der Waals surface area (Å²) in [6, 6.07) is 10.0. The lowest BCUT2D eigenvalue weighted by Crippen LogP contribution is -2.30. The van der Waals surface area contributed by atoms with Crippen molar-refractivity contribution >= 4 is 11.9 Å². The second-order valence-corrected chi connectivity index (χ2v) is 5.62. The summed E-state index contributed by atoms with van der Waals surface area (Å²) >= 11 is 0. The van der Waals surface area contributed by atoms with Crippen LogP contribution >= 0.6 is 0 Å². The van der Waals surface area contributed by atoms with Crippen LogP contribution in [-0.2, 0) is 16.1 Å². The maximum Gasteiger partial charge on any atom is 0.338 e. The highest BCUT2D eigenvalue weighted by atomic mass is 16.5. The van der Waals surface area contributed by atoms with Crippen LogP contribution in [0.2, 0.25) is 0 Å². The van der Waals surface area contributed by atoms with E-state index in [-0.39, 0.29) is 12.5 Å². The molecule has 0 aliphatic heterocycles. The SMILES string of the molecule is Cc1cc(C)n(CCCNC(=O)COC(=O)c2ccc(C#N)cc2)n1. The molecule has 0 bridgehead atoms. The van der Waals surface area contributed by atoms with Gasteiger partial charge in [-0.05, 0) is 50.6 Å². The monoisotopic (exact) mass is 340 g/mol. The second kappa shape index (κ2) is 8.64. The average molecular weight is 340 g/mol. The molecule has 1 heterocycles. The number of esters is 1. The lowest BCUT2D eigenvalue weighted by Gasteiger charge is -2.07. The van der Waals surface area contributed by atoms with Crippen LogP contribution in [0.25, 0.3) is 0 Å². The minimum absolute atomic E-state index is 0.302. The maximum absolute atomic E-state index is 11.8. The Morgan fingerprint density at radius 1 is 1.28 bits per heavy atom. The molecule has 25 heavy (non-hydrogen) atoms. The number of hydrogen-bond donors (Lipinski definition) is 1. The first kappa shape index (κ1) is 18.2. The first-order chi connectivity index (χ1) is 12.0. The molecule has 130 valence electrons. The Balaban J connectivity index is 1.67. The fourth-order valence-corrected chi connectivity index (χ4v) is 2.30. The molecule has 0 unspecified atom stereocenters. The van der Waals surface area contributed by atoms with Crippen molar-refractivity contribution in [2.75, 3.05) is 13.2 Å². The Morgan fingerprint density at radius 3 is 2.60 bits per heavy atom. The van der Waals surface area contributed by atoms with Crippen LogP contribution < -0.4 is 5.32 Å². The van der Waals surface area contributed by atoms with Gasteiger partial charge in [0, 0.05) is 18.8 Å². The van der Waals surface area contributed by atoms with Crippen molar-refractivity contribution in [2.45, 2.75) is 26.8 Å². The van der Waals surface area contributed by atoms with Gasteiger partial charge < -0.3 is 10.1 Å². The van der Waals surface area contributed by atoms with Gasteiger partial charge in [-0.2, -0.15) is 10.4 Å². The largest absolute Gasteiger partial charge is 0.452 e. The summed E-state index contributed by atoms with van der Waals surface area (Å²) in [7, 11) is 0. The van der Waals surface area contributed by atoms with Gasteiger partial charge in [0.1, 0.15) is 0 Å². The van der Waals surface area contributed by atoms with Crippen molar-refractivity contribution in [3.63, 3.8) is 0 Å². The van der Waals surface area contributed by atoms with Crippen LogP contribution in [0.15, 0.2) is 30.3 Å². The molecule has 0 aliphatic rings. The Morgan fingerprint density at radius 2 is 2.00 bits per heavy atom. The van der Waals surface area contributed by atoms with Crippen molar-refractivity contribution in [1.29, 1.82) is 5.26 Å². The molecular formula is C18H20N4O3. The number of carbonyl (C=O) groups is 2. The van der Waals surface area contributed by atoms with E-state index in [2.05, 4.69) is 10.4 Å². The van der Waals surface area contributed by atoms with Gasteiger partial charge in [0.15, 0.2) is 6.61 Å². The van der Waals surface area contributed by atoms with Crippen LogP contribution in [-0.4, -0.2) is 34.8 Å². The number of nitrogens with one attached hydrogen (secondary N) is 1. The summed E-state index contributed by atoms with van der Waals surface area (Å²) in [4.78, 5) is 23.5. The number of nitriles is 1. The van der Waals surface area contributed by atoms with Crippen LogP contribution in [0.4, 0.5) is 0 Å². The number of amides is 1. The highest BCUT2D eigenvalue weighted by Gasteiger charge is 2.10. The molecule has 0 radical (unpaired) electrons. The smallest absolute Gasteiger partial charge is 0.338 e. The minimum atomic E-state index is -0.595. The summed E-state index contributed by atoms with van der Waals surface area (Å²) < 4.78 is 6.84. The summed E-state index contributed by atoms with van der Waals surface area (Å²) in [6.45, 7) is 4.78. The van der Waals surface area contributed by atoms with Gasteiger partial charge in [-0.3, -0.25) is 9.48 Å². The molecule has 7 nitrogen and oxygen atoms in total. The number of benzene rings is 1. The van der Waals surface area contributed by atoms with E-state index in [4.69, 9.17) is 10.00 Å². The fraction of sp³-hybridized carbons (Fsp3) is 0.333. The molecular weight excluding hydrogens is 320 g/mol. The molecule has 1 amide bonds. The maximum atomic E-state index is 11.8. The highest BCUT2D eigenvalue weighted by Crippen LogP contribution is 2.05. The number of hydrogen-bond acceptors (Lipinski definition) is 5. The molecule has 1 N–H and O–H groups in total. The second-order valence-electron chi connectivity index (χ2n) is 5.62. The van der Waals surface area contributed by atoms with Gasteiger partial charge in [0.2, 0.25) is 0 Å². The third kappa shape index (κ3) is 5.46. The predicted octanol–water partition coefficient (Wildman–Crippen LogP) is 1.73. The van der Waals surface area contributed by atoms with Gasteiger partial charge in [-0.1, -0.05) is 0 Å². The summed E-state index contributed by atoms with van der Waals surface area (Å²) in [6.07, 6.45) is 0.733. The van der Waals surface area contributed by atoms with Crippen LogP contribution in [0.5, 0.6) is 0 Å². The van der Waals surface area contributed by atoms with Crippen molar-refractivity contribution < 1.29 is 14.3 Å². The lowest BCUT2D eigenvalue weighted by molar-refractivity contribution is -0.124. The standard InChI is InChI=1S/C18H20N4O3/c1-13-10-14(2)22(21-13)9-3-8-20-17(23)12-25-18(24)16-6-4-15(11-19)5-7-16/h4-7,10H,3,8-9,12H2,1-2H3,(H,20,23). The number of rotatable bonds is 7. The van der Waals surface area contributed by atoms with Gasteiger partial charge in [0.05, 0.1) is 22.9 Å². The fourth-order valence-electron chi connectivity index (χ4n) is 2.30. The van der Waals surface area contributed by atoms with Crippen molar-refractivity contribution in [3.8, 4) is 6.07 Å². The lowest BCUT2D eigenvalue weighted by atomic mass is 10.1. The van der Waals surface area contributed by atoms with Gasteiger partial charge >= 0.3 is 5.97 Å². The van der Waals surface area contributed by atoms with Gasteiger partial charge in [-0.15, -0.1) is 0 Å². The molecule has 2 rings (SSSR count).